The second-order valence-corrected chi connectivity index (χ2v) is 8.15. The number of methoxy groups -OCH3 is 1. The van der Waals surface area contributed by atoms with Crippen molar-refractivity contribution in [3.63, 3.8) is 0 Å². The fraction of sp³-hybridized carbons (Fsp3) is 0.208. The summed E-state index contributed by atoms with van der Waals surface area (Å²) < 4.78 is 25.8. The molecule has 0 spiro atoms. The van der Waals surface area contributed by atoms with Crippen LogP contribution in [0.2, 0.25) is 0 Å². The van der Waals surface area contributed by atoms with Crippen molar-refractivity contribution in [2.24, 2.45) is 5.73 Å². The number of rotatable bonds is 11. The molecule has 37 heavy (non-hydrogen) atoms. The number of nitrogens with one attached hydrogen (secondary N) is 2. The summed E-state index contributed by atoms with van der Waals surface area (Å²) >= 11 is 5.73. The third-order valence-corrected chi connectivity index (χ3v) is 5.39. The van der Waals surface area contributed by atoms with Crippen molar-refractivity contribution in [3.8, 4) is 11.5 Å². The third-order valence-electron chi connectivity index (χ3n) is 5.12. The lowest BCUT2D eigenvalue weighted by Gasteiger charge is -2.13. The first kappa shape index (κ1) is 25.6. The van der Waals surface area contributed by atoms with Gasteiger partial charge in [-0.15, -0.1) is 11.6 Å². The highest BCUT2D eigenvalue weighted by Gasteiger charge is 2.18. The van der Waals surface area contributed by atoms with Gasteiger partial charge >= 0.3 is 0 Å². The van der Waals surface area contributed by atoms with Gasteiger partial charge in [0.2, 0.25) is 5.91 Å². The average molecular weight is 528 g/mol. The van der Waals surface area contributed by atoms with E-state index in [1.54, 1.807) is 18.2 Å². The molecule has 0 atom stereocenters. The molecule has 2 amide bonds. The maximum absolute atomic E-state index is 13.4. The second kappa shape index (κ2) is 11.5. The summed E-state index contributed by atoms with van der Waals surface area (Å²) in [7, 11) is 1.51. The molecular weight excluding hydrogens is 505 g/mol. The molecule has 2 aromatic heterocycles. The smallest absolute Gasteiger partial charge is 0.271 e. The molecule has 0 fully saturated rings. The van der Waals surface area contributed by atoms with Crippen molar-refractivity contribution < 1.29 is 23.5 Å². The van der Waals surface area contributed by atoms with Crippen LogP contribution in [0.4, 0.5) is 21.6 Å². The Morgan fingerprint density at radius 3 is 2.76 bits per heavy atom. The lowest BCUT2D eigenvalue weighted by atomic mass is 10.2. The van der Waals surface area contributed by atoms with E-state index in [9.17, 15) is 14.0 Å². The molecule has 4 aromatic rings. The summed E-state index contributed by atoms with van der Waals surface area (Å²) in [6.45, 7) is 0.162. The van der Waals surface area contributed by atoms with Gasteiger partial charge < -0.3 is 25.8 Å². The summed E-state index contributed by atoms with van der Waals surface area (Å²) in [4.78, 5) is 33.1. The highest BCUT2D eigenvalue weighted by Crippen LogP contribution is 2.35. The maximum Gasteiger partial charge on any atom is 0.271 e. The molecule has 0 saturated heterocycles. The van der Waals surface area contributed by atoms with E-state index in [4.69, 9.17) is 26.8 Å². The molecule has 0 radical (unpaired) electrons. The van der Waals surface area contributed by atoms with Crippen molar-refractivity contribution in [2.45, 2.75) is 13.0 Å². The van der Waals surface area contributed by atoms with E-state index >= 15 is 0 Å². The van der Waals surface area contributed by atoms with Crippen LogP contribution in [-0.4, -0.2) is 51.2 Å². The zero-order valence-corrected chi connectivity index (χ0v) is 20.5. The van der Waals surface area contributed by atoms with Gasteiger partial charge in [-0.1, -0.05) is 6.07 Å². The lowest BCUT2D eigenvalue weighted by molar-refractivity contribution is -0.116. The number of benzene rings is 2. The van der Waals surface area contributed by atoms with Crippen LogP contribution in [0.1, 0.15) is 16.9 Å². The summed E-state index contributed by atoms with van der Waals surface area (Å²) in [5.41, 5.74) is 6.49. The van der Waals surface area contributed by atoms with Gasteiger partial charge in [0.15, 0.2) is 17.2 Å². The number of hydrogen-bond donors (Lipinski definition) is 3. The monoisotopic (exact) mass is 527 g/mol. The number of carbonyl (C=O) groups is 2. The topological polar surface area (TPSA) is 146 Å². The van der Waals surface area contributed by atoms with Crippen molar-refractivity contribution in [1.82, 2.24) is 19.7 Å². The van der Waals surface area contributed by atoms with Gasteiger partial charge in [0.05, 0.1) is 24.9 Å². The SMILES string of the molecule is COc1cc2c(Nc3cn(CC(=O)Nc4cccc(F)c4)nc3C(N)=O)ncnc2cc1OCCCCl. The van der Waals surface area contributed by atoms with Gasteiger partial charge in [-0.3, -0.25) is 14.3 Å². The van der Waals surface area contributed by atoms with Crippen molar-refractivity contribution in [3.05, 3.63) is 60.4 Å². The number of halogens is 2. The first-order chi connectivity index (χ1) is 17.9. The number of anilines is 3. The number of nitrogens with two attached hydrogens (primary N) is 1. The molecule has 0 unspecified atom stereocenters. The summed E-state index contributed by atoms with van der Waals surface area (Å²) in [5.74, 6) is 0.00442. The number of ether oxygens (including phenoxy) is 2. The minimum absolute atomic E-state index is 0.0988. The molecule has 0 aliphatic heterocycles. The Balaban J connectivity index is 1.59. The molecule has 4 N–H and O–H groups in total. The Kier molecular flexibility index (Phi) is 7.98. The molecule has 0 aliphatic rings. The van der Waals surface area contributed by atoms with Gasteiger partial charge in [0, 0.05) is 29.2 Å². The van der Waals surface area contributed by atoms with Gasteiger partial charge in [-0.05, 0) is 30.7 Å². The van der Waals surface area contributed by atoms with Gasteiger partial charge in [0.25, 0.3) is 5.91 Å². The highest BCUT2D eigenvalue weighted by molar-refractivity contribution is 6.17. The van der Waals surface area contributed by atoms with E-state index in [0.29, 0.717) is 47.1 Å². The van der Waals surface area contributed by atoms with E-state index in [-0.39, 0.29) is 23.6 Å². The van der Waals surface area contributed by atoms with Crippen molar-refractivity contribution in [1.29, 1.82) is 0 Å². The van der Waals surface area contributed by atoms with Crippen LogP contribution in [0.3, 0.4) is 0 Å². The van der Waals surface area contributed by atoms with Crippen LogP contribution in [0.15, 0.2) is 48.9 Å². The average Bonchev–Trinajstić information content (AvgIpc) is 3.26. The Morgan fingerprint density at radius 1 is 1.19 bits per heavy atom. The molecule has 0 aliphatic carbocycles. The molecule has 0 saturated carbocycles. The van der Waals surface area contributed by atoms with Crippen LogP contribution in [0, 0.1) is 5.82 Å². The molecular formula is C24H23ClFN7O4. The standard InChI is InChI=1S/C24H23ClFN7O4/c1-36-19-9-16-17(10-20(19)37-7-3-6-25)28-13-29-24(16)31-18-11-33(32-22(18)23(27)35)12-21(34)30-15-5-2-4-14(26)8-15/h2,4-5,8-11,13H,3,6-7,12H2,1H3,(H2,27,35)(H,30,34)(H,28,29,31). The van der Waals surface area contributed by atoms with Crippen LogP contribution in [-0.2, 0) is 11.3 Å². The van der Waals surface area contributed by atoms with Crippen LogP contribution >= 0.6 is 11.6 Å². The number of nitrogens with zero attached hydrogens (tertiary/aromatic N) is 4. The summed E-state index contributed by atoms with van der Waals surface area (Å²) in [5, 5.41) is 10.3. The van der Waals surface area contributed by atoms with E-state index in [0.717, 1.165) is 0 Å². The molecule has 0 bridgehead atoms. The first-order valence-electron chi connectivity index (χ1n) is 11.1. The number of primary amides is 1. The number of aromatic nitrogens is 4. The van der Waals surface area contributed by atoms with Gasteiger partial charge in [-0.25, -0.2) is 14.4 Å². The predicted octanol–water partition coefficient (Wildman–Crippen LogP) is 3.46. The summed E-state index contributed by atoms with van der Waals surface area (Å²) in [6, 6.07) is 8.89. The molecule has 13 heteroatoms. The minimum atomic E-state index is -0.808. The molecule has 192 valence electrons. The Bertz CT molecular complexity index is 1450. The Labute approximate surface area is 215 Å². The lowest BCUT2D eigenvalue weighted by Crippen LogP contribution is -2.20. The quantitative estimate of drug-likeness (QED) is 0.198. The zero-order valence-electron chi connectivity index (χ0n) is 19.7. The zero-order chi connectivity index (χ0) is 26.4. The fourth-order valence-electron chi connectivity index (χ4n) is 3.49. The van der Waals surface area contributed by atoms with E-state index in [1.165, 1.54) is 42.5 Å². The number of carbonyl (C=O) groups excluding carboxylic acids is 2. The van der Waals surface area contributed by atoms with E-state index in [1.807, 2.05) is 0 Å². The Morgan fingerprint density at radius 2 is 2.03 bits per heavy atom. The first-order valence-corrected chi connectivity index (χ1v) is 11.6. The number of amides is 2. The van der Waals surface area contributed by atoms with Crippen LogP contribution < -0.4 is 25.8 Å². The van der Waals surface area contributed by atoms with Crippen molar-refractivity contribution >= 4 is 51.5 Å². The van der Waals surface area contributed by atoms with Gasteiger partial charge in [0.1, 0.15) is 24.5 Å². The van der Waals surface area contributed by atoms with E-state index < -0.39 is 17.6 Å². The maximum atomic E-state index is 13.4. The number of alkyl halides is 1. The molecule has 2 heterocycles. The molecule has 2 aromatic carbocycles. The van der Waals surface area contributed by atoms with Gasteiger partial charge in [-0.2, -0.15) is 5.10 Å². The fourth-order valence-corrected chi connectivity index (χ4v) is 3.60. The largest absolute Gasteiger partial charge is 0.493 e. The summed E-state index contributed by atoms with van der Waals surface area (Å²) in [6.07, 6.45) is 3.46. The van der Waals surface area contributed by atoms with Crippen molar-refractivity contribution in [2.75, 3.05) is 30.2 Å². The molecule has 11 nitrogen and oxygen atoms in total. The van der Waals surface area contributed by atoms with E-state index in [2.05, 4.69) is 25.7 Å². The molecule has 4 rings (SSSR count). The highest BCUT2D eigenvalue weighted by atomic mass is 35.5. The van der Waals surface area contributed by atoms with Crippen LogP contribution in [0.25, 0.3) is 10.9 Å². The number of hydrogen-bond acceptors (Lipinski definition) is 8. The normalized spacial score (nSPS) is 10.8. The third kappa shape index (κ3) is 6.22. The minimum Gasteiger partial charge on any atom is -0.493 e. The second-order valence-electron chi connectivity index (χ2n) is 7.77. The van der Waals surface area contributed by atoms with Crippen LogP contribution in [0.5, 0.6) is 11.5 Å². The number of fused-ring (bicyclic) bond motifs is 1. The predicted molar refractivity (Wildman–Crippen MR) is 136 cm³/mol. The Hall–Kier alpha value is -4.45.